The van der Waals surface area contributed by atoms with Crippen molar-refractivity contribution in [2.75, 3.05) is 5.73 Å². The molecule has 4 nitrogen and oxygen atoms in total. The highest BCUT2D eigenvalue weighted by atomic mass is 16.4. The van der Waals surface area contributed by atoms with Gasteiger partial charge in [-0.1, -0.05) is 6.07 Å². The Morgan fingerprint density at radius 1 is 1.54 bits per heavy atom. The van der Waals surface area contributed by atoms with Gasteiger partial charge in [-0.05, 0) is 24.6 Å². The predicted octanol–water partition coefficient (Wildman–Crippen LogP) is 0.987. The van der Waals surface area contributed by atoms with Gasteiger partial charge in [0.05, 0.1) is 5.56 Å². The van der Waals surface area contributed by atoms with Gasteiger partial charge in [-0.25, -0.2) is 4.79 Å². The standard InChI is InChI=1S/C9H12N2O2/c1-5(10)7-3-2-6(11)4-8(7)9(12)13/h2-5H,10-11H2,1H3,(H,12,13)/t5-/m1/s1. The molecule has 1 atom stereocenters. The summed E-state index contributed by atoms with van der Waals surface area (Å²) in [5.41, 5.74) is 12.3. The topological polar surface area (TPSA) is 89.3 Å². The van der Waals surface area contributed by atoms with Crippen molar-refractivity contribution in [3.63, 3.8) is 0 Å². The molecule has 5 N–H and O–H groups in total. The summed E-state index contributed by atoms with van der Waals surface area (Å²) in [7, 11) is 0. The highest BCUT2D eigenvalue weighted by molar-refractivity contribution is 5.90. The third kappa shape index (κ3) is 1.97. The Labute approximate surface area is 76.2 Å². The lowest BCUT2D eigenvalue weighted by Gasteiger charge is -2.09. The molecule has 0 heterocycles. The van der Waals surface area contributed by atoms with Crippen LogP contribution in [0.15, 0.2) is 18.2 Å². The number of nitrogens with two attached hydrogens (primary N) is 2. The van der Waals surface area contributed by atoms with Crippen LogP contribution in [0, 0.1) is 0 Å². The zero-order valence-electron chi connectivity index (χ0n) is 7.32. The average Bonchev–Trinajstić information content (AvgIpc) is 2.03. The third-order valence-corrected chi connectivity index (χ3v) is 1.80. The fourth-order valence-electron chi connectivity index (χ4n) is 1.16. The van der Waals surface area contributed by atoms with Gasteiger partial charge < -0.3 is 16.6 Å². The largest absolute Gasteiger partial charge is 0.478 e. The van der Waals surface area contributed by atoms with Crippen molar-refractivity contribution in [3.05, 3.63) is 29.3 Å². The van der Waals surface area contributed by atoms with Gasteiger partial charge in [-0.15, -0.1) is 0 Å². The summed E-state index contributed by atoms with van der Waals surface area (Å²) in [5, 5.41) is 8.83. The molecule has 0 amide bonds. The van der Waals surface area contributed by atoms with E-state index in [1.54, 1.807) is 19.1 Å². The molecule has 0 aliphatic rings. The molecule has 1 rings (SSSR count). The molecule has 0 unspecified atom stereocenters. The Balaban J connectivity index is 3.27. The number of aromatic carboxylic acids is 1. The summed E-state index contributed by atoms with van der Waals surface area (Å²) in [6.07, 6.45) is 0. The van der Waals surface area contributed by atoms with Crippen LogP contribution in [-0.4, -0.2) is 11.1 Å². The molecule has 0 aliphatic carbocycles. The van der Waals surface area contributed by atoms with Gasteiger partial charge in [0.25, 0.3) is 0 Å². The number of nitrogen functional groups attached to an aromatic ring is 1. The molecule has 70 valence electrons. The smallest absolute Gasteiger partial charge is 0.336 e. The third-order valence-electron chi connectivity index (χ3n) is 1.80. The second-order valence-electron chi connectivity index (χ2n) is 2.94. The normalized spacial score (nSPS) is 12.5. The van der Waals surface area contributed by atoms with Crippen LogP contribution in [0.4, 0.5) is 5.69 Å². The number of anilines is 1. The minimum Gasteiger partial charge on any atom is -0.478 e. The number of benzene rings is 1. The Morgan fingerprint density at radius 2 is 2.15 bits per heavy atom. The van der Waals surface area contributed by atoms with Crippen LogP contribution in [0.1, 0.15) is 28.9 Å². The fourth-order valence-corrected chi connectivity index (χ4v) is 1.16. The minimum absolute atomic E-state index is 0.176. The first kappa shape index (κ1) is 9.54. The van der Waals surface area contributed by atoms with E-state index < -0.39 is 5.97 Å². The summed E-state index contributed by atoms with van der Waals surface area (Å²) in [5.74, 6) is -1.00. The van der Waals surface area contributed by atoms with Crippen LogP contribution in [0.2, 0.25) is 0 Å². The van der Waals surface area contributed by atoms with E-state index in [4.69, 9.17) is 16.6 Å². The summed E-state index contributed by atoms with van der Waals surface area (Å²) < 4.78 is 0. The first-order chi connectivity index (χ1) is 6.02. The summed E-state index contributed by atoms with van der Waals surface area (Å²) in [4.78, 5) is 10.8. The lowest BCUT2D eigenvalue weighted by atomic mass is 10.0. The van der Waals surface area contributed by atoms with Crippen LogP contribution < -0.4 is 11.5 Å². The first-order valence-corrected chi connectivity index (χ1v) is 3.90. The monoisotopic (exact) mass is 180 g/mol. The quantitative estimate of drug-likeness (QED) is 0.592. The van der Waals surface area contributed by atoms with E-state index in [9.17, 15) is 4.79 Å². The minimum atomic E-state index is -1.00. The molecule has 0 saturated heterocycles. The van der Waals surface area contributed by atoms with Crippen molar-refractivity contribution in [2.45, 2.75) is 13.0 Å². The number of hydrogen-bond acceptors (Lipinski definition) is 3. The van der Waals surface area contributed by atoms with Crippen LogP contribution >= 0.6 is 0 Å². The number of rotatable bonds is 2. The van der Waals surface area contributed by atoms with Gasteiger partial charge in [0.15, 0.2) is 0 Å². The van der Waals surface area contributed by atoms with Crippen molar-refractivity contribution < 1.29 is 9.90 Å². The second-order valence-corrected chi connectivity index (χ2v) is 2.94. The van der Waals surface area contributed by atoms with Crippen molar-refractivity contribution in [2.24, 2.45) is 5.73 Å². The fraction of sp³-hybridized carbons (Fsp3) is 0.222. The van der Waals surface area contributed by atoms with E-state index in [0.717, 1.165) is 0 Å². The Hall–Kier alpha value is -1.55. The maximum Gasteiger partial charge on any atom is 0.336 e. The highest BCUT2D eigenvalue weighted by Crippen LogP contribution is 2.18. The number of carbonyl (C=O) groups is 1. The highest BCUT2D eigenvalue weighted by Gasteiger charge is 2.12. The van der Waals surface area contributed by atoms with Crippen molar-refractivity contribution in [1.82, 2.24) is 0 Å². The summed E-state index contributed by atoms with van der Waals surface area (Å²) in [6.45, 7) is 1.73. The molecule has 0 saturated carbocycles. The molecular weight excluding hydrogens is 168 g/mol. The molecule has 0 bridgehead atoms. The van der Waals surface area contributed by atoms with Crippen molar-refractivity contribution >= 4 is 11.7 Å². The maximum atomic E-state index is 10.8. The van der Waals surface area contributed by atoms with Gasteiger partial charge in [0.2, 0.25) is 0 Å². The van der Waals surface area contributed by atoms with Gasteiger partial charge in [-0.2, -0.15) is 0 Å². The van der Waals surface area contributed by atoms with Gasteiger partial charge in [0, 0.05) is 11.7 Å². The van der Waals surface area contributed by atoms with E-state index >= 15 is 0 Å². The Kier molecular flexibility index (Phi) is 2.53. The maximum absolute atomic E-state index is 10.8. The molecule has 0 aromatic heterocycles. The zero-order valence-corrected chi connectivity index (χ0v) is 7.32. The molecule has 4 heteroatoms. The van der Waals surface area contributed by atoms with Gasteiger partial charge >= 0.3 is 5.97 Å². The molecule has 1 aromatic carbocycles. The van der Waals surface area contributed by atoms with E-state index in [0.29, 0.717) is 11.3 Å². The lowest BCUT2D eigenvalue weighted by Crippen LogP contribution is -2.12. The van der Waals surface area contributed by atoms with Gasteiger partial charge in [-0.3, -0.25) is 0 Å². The van der Waals surface area contributed by atoms with E-state index in [1.807, 2.05) is 0 Å². The summed E-state index contributed by atoms with van der Waals surface area (Å²) >= 11 is 0. The molecule has 0 radical (unpaired) electrons. The van der Waals surface area contributed by atoms with Crippen LogP contribution in [-0.2, 0) is 0 Å². The SMILES string of the molecule is C[C@@H](N)c1ccc(N)cc1C(=O)O. The Bertz CT molecular complexity index is 334. The molecule has 1 aromatic rings. The van der Waals surface area contributed by atoms with E-state index in [-0.39, 0.29) is 11.6 Å². The van der Waals surface area contributed by atoms with E-state index in [2.05, 4.69) is 0 Å². The summed E-state index contributed by atoms with van der Waals surface area (Å²) in [6, 6.07) is 4.40. The lowest BCUT2D eigenvalue weighted by molar-refractivity contribution is 0.0695. The van der Waals surface area contributed by atoms with Crippen LogP contribution in [0.25, 0.3) is 0 Å². The molecule has 0 spiro atoms. The zero-order chi connectivity index (χ0) is 10.0. The predicted molar refractivity (Wildman–Crippen MR) is 50.4 cm³/mol. The van der Waals surface area contributed by atoms with Gasteiger partial charge in [0.1, 0.15) is 0 Å². The molecule has 0 fully saturated rings. The second kappa shape index (κ2) is 3.45. The van der Waals surface area contributed by atoms with E-state index in [1.165, 1.54) is 6.07 Å². The van der Waals surface area contributed by atoms with Crippen LogP contribution in [0.5, 0.6) is 0 Å². The molecule has 13 heavy (non-hydrogen) atoms. The van der Waals surface area contributed by atoms with Crippen molar-refractivity contribution in [1.29, 1.82) is 0 Å². The average molecular weight is 180 g/mol. The molecule has 0 aliphatic heterocycles. The number of carboxylic acid groups (broad SMARTS) is 1. The Morgan fingerprint density at radius 3 is 2.62 bits per heavy atom. The number of hydrogen-bond donors (Lipinski definition) is 3. The van der Waals surface area contributed by atoms with Crippen LogP contribution in [0.3, 0.4) is 0 Å². The van der Waals surface area contributed by atoms with Crippen molar-refractivity contribution in [3.8, 4) is 0 Å². The molecular formula is C9H12N2O2. The number of carboxylic acids is 1. The first-order valence-electron chi connectivity index (χ1n) is 3.90.